The van der Waals surface area contributed by atoms with E-state index in [9.17, 15) is 29.3 Å². The Morgan fingerprint density at radius 3 is 2.62 bits per heavy atom. The normalized spacial score (nSPS) is 24.9. The molecule has 2 fully saturated rings. The van der Waals surface area contributed by atoms with Crippen molar-refractivity contribution in [3.63, 3.8) is 0 Å². The van der Waals surface area contributed by atoms with Crippen LogP contribution in [-0.4, -0.2) is 47.9 Å². The van der Waals surface area contributed by atoms with Crippen LogP contribution in [0.25, 0.3) is 0 Å². The number of anilines is 2. The van der Waals surface area contributed by atoms with E-state index in [-0.39, 0.29) is 30.8 Å². The van der Waals surface area contributed by atoms with E-state index in [0.29, 0.717) is 29.2 Å². The van der Waals surface area contributed by atoms with Crippen LogP contribution in [0.5, 0.6) is 0 Å². The number of ether oxygens (including phenoxy) is 1. The molecule has 3 heterocycles. The van der Waals surface area contributed by atoms with Crippen LogP contribution in [-0.2, 0) is 25.5 Å². The number of carbonyl (C=O) groups is 4. The molecule has 2 aromatic rings. The van der Waals surface area contributed by atoms with Crippen LogP contribution in [0.2, 0.25) is 5.02 Å². The number of urea groups is 1. The number of nitrogens with one attached hydrogen (secondary N) is 1. The summed E-state index contributed by atoms with van der Waals surface area (Å²) >= 11 is 5.98. The maximum atomic E-state index is 14.2. The number of nitro groups is 1. The van der Waals surface area contributed by atoms with Crippen LogP contribution in [0.15, 0.2) is 42.5 Å². The quantitative estimate of drug-likeness (QED) is 0.277. The van der Waals surface area contributed by atoms with Crippen molar-refractivity contribution in [3.05, 3.63) is 63.2 Å². The largest absolute Gasteiger partial charge is 0.466 e. The van der Waals surface area contributed by atoms with Gasteiger partial charge < -0.3 is 9.64 Å². The molecule has 2 aromatic carbocycles. The average molecular weight is 527 g/mol. The Kier molecular flexibility index (Phi) is 6.10. The summed E-state index contributed by atoms with van der Waals surface area (Å²) in [7, 11) is 0. The Bertz CT molecular complexity index is 1330. The zero-order valence-corrected chi connectivity index (χ0v) is 20.6. The van der Waals surface area contributed by atoms with Crippen LogP contribution >= 0.6 is 11.6 Å². The van der Waals surface area contributed by atoms with Crippen molar-refractivity contribution in [1.82, 2.24) is 5.32 Å². The number of imide groups is 2. The van der Waals surface area contributed by atoms with Gasteiger partial charge in [-0.3, -0.25) is 29.8 Å². The molecule has 3 aliphatic heterocycles. The van der Waals surface area contributed by atoms with Gasteiger partial charge in [-0.25, -0.2) is 9.69 Å². The second kappa shape index (κ2) is 9.15. The first-order chi connectivity index (χ1) is 17.7. The van der Waals surface area contributed by atoms with Crippen molar-refractivity contribution in [2.45, 2.75) is 32.2 Å². The van der Waals surface area contributed by atoms with E-state index in [4.69, 9.17) is 16.3 Å². The number of halogens is 1. The Hall–Kier alpha value is -3.99. The topological polar surface area (TPSA) is 139 Å². The summed E-state index contributed by atoms with van der Waals surface area (Å²) in [4.78, 5) is 67.1. The standard InChI is InChI=1S/C25H23ClN4O7/c1-2-37-21(31)14-9-10-28-19-8-7-18(30(35)36)11-15(19)13-25(20(28)12-14)22(32)27-24(34)29(23(25)33)17-5-3-16(26)4-6-17/h3-8,11,14,20H,2,9-10,12-13H2,1H3,(H,27,32,34)/t14-,20-,25+/m1/s1. The number of non-ortho nitro benzene ring substituents is 1. The molecule has 1 spiro atoms. The minimum Gasteiger partial charge on any atom is -0.466 e. The number of amides is 4. The minimum absolute atomic E-state index is 0.136. The number of piperidine rings is 1. The number of hydrogen-bond donors (Lipinski definition) is 1. The van der Waals surface area contributed by atoms with Crippen LogP contribution in [0.4, 0.5) is 21.9 Å². The Balaban J connectivity index is 1.65. The number of rotatable bonds is 4. The van der Waals surface area contributed by atoms with E-state index < -0.39 is 46.1 Å². The highest BCUT2D eigenvalue weighted by molar-refractivity contribution is 6.32. The van der Waals surface area contributed by atoms with Gasteiger partial charge in [0, 0.05) is 35.8 Å². The zero-order valence-electron chi connectivity index (χ0n) is 19.8. The smallest absolute Gasteiger partial charge is 0.335 e. The number of hydrogen-bond acceptors (Lipinski definition) is 8. The van der Waals surface area contributed by atoms with Gasteiger partial charge >= 0.3 is 12.0 Å². The number of nitrogens with zero attached hydrogens (tertiary/aromatic N) is 3. The van der Waals surface area contributed by atoms with Crippen molar-refractivity contribution in [2.24, 2.45) is 11.3 Å². The molecule has 4 amide bonds. The molecule has 37 heavy (non-hydrogen) atoms. The van der Waals surface area contributed by atoms with Gasteiger partial charge in [0.15, 0.2) is 5.41 Å². The SMILES string of the molecule is CCOC(=O)[C@@H]1CCN2c3ccc([N+](=O)[O-])cc3C[C@@]3(C(=O)NC(=O)N(c4ccc(Cl)cc4)C3=O)[C@H]2C1. The van der Waals surface area contributed by atoms with Crippen molar-refractivity contribution in [1.29, 1.82) is 0 Å². The molecule has 0 unspecified atom stereocenters. The lowest BCUT2D eigenvalue weighted by Crippen LogP contribution is -2.73. The molecular weight excluding hydrogens is 504 g/mol. The highest BCUT2D eigenvalue weighted by atomic mass is 35.5. The molecule has 0 aromatic heterocycles. The summed E-state index contributed by atoms with van der Waals surface area (Å²) in [6, 6.07) is 8.65. The monoisotopic (exact) mass is 526 g/mol. The summed E-state index contributed by atoms with van der Waals surface area (Å²) in [6.45, 7) is 2.21. The summed E-state index contributed by atoms with van der Waals surface area (Å²) in [5.41, 5.74) is -0.690. The van der Waals surface area contributed by atoms with Crippen LogP contribution < -0.4 is 15.1 Å². The minimum atomic E-state index is -1.82. The predicted molar refractivity (Wildman–Crippen MR) is 132 cm³/mol. The average Bonchev–Trinajstić information content (AvgIpc) is 2.87. The predicted octanol–water partition coefficient (Wildman–Crippen LogP) is 3.22. The third-order valence-electron chi connectivity index (χ3n) is 7.34. The van der Waals surface area contributed by atoms with E-state index in [1.165, 1.54) is 36.4 Å². The van der Waals surface area contributed by atoms with Gasteiger partial charge in [0.1, 0.15) is 0 Å². The summed E-state index contributed by atoms with van der Waals surface area (Å²) in [5.74, 6) is -2.54. The molecule has 12 heteroatoms. The lowest BCUT2D eigenvalue weighted by Gasteiger charge is -2.54. The van der Waals surface area contributed by atoms with Crippen LogP contribution in [0.3, 0.4) is 0 Å². The van der Waals surface area contributed by atoms with Crippen molar-refractivity contribution < 1.29 is 28.8 Å². The lowest BCUT2D eigenvalue weighted by atomic mass is 9.64. The molecule has 11 nitrogen and oxygen atoms in total. The molecule has 2 saturated heterocycles. The molecule has 0 radical (unpaired) electrons. The fraction of sp³-hybridized carbons (Fsp3) is 0.360. The number of fused-ring (bicyclic) bond motifs is 4. The van der Waals surface area contributed by atoms with E-state index in [2.05, 4.69) is 5.32 Å². The molecule has 1 N–H and O–H groups in total. The first-order valence-electron chi connectivity index (χ1n) is 11.8. The molecule has 0 aliphatic carbocycles. The van der Waals surface area contributed by atoms with Gasteiger partial charge in [0.2, 0.25) is 5.91 Å². The van der Waals surface area contributed by atoms with E-state index in [0.717, 1.165) is 4.90 Å². The van der Waals surface area contributed by atoms with Crippen molar-refractivity contribution in [2.75, 3.05) is 23.0 Å². The Morgan fingerprint density at radius 2 is 1.95 bits per heavy atom. The molecule has 192 valence electrons. The second-order valence-electron chi connectivity index (χ2n) is 9.28. The van der Waals surface area contributed by atoms with Crippen LogP contribution in [0.1, 0.15) is 25.3 Å². The fourth-order valence-electron chi connectivity index (χ4n) is 5.65. The number of nitro benzene ring substituents is 1. The highest BCUT2D eigenvalue weighted by Gasteiger charge is 2.63. The van der Waals surface area contributed by atoms with Gasteiger partial charge in [-0.1, -0.05) is 11.6 Å². The van der Waals surface area contributed by atoms with E-state index in [1.807, 2.05) is 4.90 Å². The molecule has 3 atom stereocenters. The van der Waals surface area contributed by atoms with Gasteiger partial charge in [0.05, 0.1) is 29.2 Å². The Morgan fingerprint density at radius 1 is 1.22 bits per heavy atom. The summed E-state index contributed by atoms with van der Waals surface area (Å²) < 4.78 is 5.23. The molecule has 0 saturated carbocycles. The molecule has 3 aliphatic rings. The van der Waals surface area contributed by atoms with E-state index >= 15 is 0 Å². The third kappa shape index (κ3) is 3.90. The maximum Gasteiger partial charge on any atom is 0.335 e. The van der Waals surface area contributed by atoms with Crippen LogP contribution in [0, 0.1) is 21.4 Å². The number of esters is 1. The van der Waals surface area contributed by atoms with Gasteiger partial charge in [-0.2, -0.15) is 0 Å². The molecule has 0 bridgehead atoms. The number of barbiturate groups is 1. The lowest BCUT2D eigenvalue weighted by molar-refractivity contribution is -0.384. The van der Waals surface area contributed by atoms with E-state index in [1.54, 1.807) is 13.0 Å². The Labute approximate surface area is 216 Å². The fourth-order valence-corrected chi connectivity index (χ4v) is 5.77. The van der Waals surface area contributed by atoms with Crippen molar-refractivity contribution in [3.8, 4) is 0 Å². The maximum absolute atomic E-state index is 14.2. The number of carbonyl (C=O) groups excluding carboxylic acids is 4. The first kappa shape index (κ1) is 24.7. The molecule has 5 rings (SSSR count). The zero-order chi connectivity index (χ0) is 26.5. The summed E-state index contributed by atoms with van der Waals surface area (Å²) in [5, 5.41) is 14.2. The highest BCUT2D eigenvalue weighted by Crippen LogP contribution is 2.49. The summed E-state index contributed by atoms with van der Waals surface area (Å²) in [6.07, 6.45) is 0.372. The first-order valence-corrected chi connectivity index (χ1v) is 12.2. The second-order valence-corrected chi connectivity index (χ2v) is 9.71. The van der Waals surface area contributed by atoms with Gasteiger partial charge in [-0.05, 0) is 55.7 Å². The van der Waals surface area contributed by atoms with Crippen molar-refractivity contribution >= 4 is 52.5 Å². The third-order valence-corrected chi connectivity index (χ3v) is 7.59. The van der Waals surface area contributed by atoms with Gasteiger partial charge in [-0.15, -0.1) is 0 Å². The number of benzene rings is 2. The molecular formula is C25H23ClN4O7. The van der Waals surface area contributed by atoms with Gasteiger partial charge in [0.25, 0.3) is 11.6 Å².